The van der Waals surface area contributed by atoms with Crippen LogP contribution >= 0.6 is 0 Å². The Labute approximate surface area is 90.9 Å². The first-order chi connectivity index (χ1) is 7.28. The molecule has 0 unspecified atom stereocenters. The van der Waals surface area contributed by atoms with Crippen molar-refractivity contribution in [3.05, 3.63) is 29.6 Å². The van der Waals surface area contributed by atoms with Gasteiger partial charge in [0.25, 0.3) is 0 Å². The fourth-order valence-corrected chi connectivity index (χ4v) is 1.78. The molecule has 1 aromatic heterocycles. The van der Waals surface area contributed by atoms with Gasteiger partial charge in [-0.1, -0.05) is 6.07 Å². The zero-order valence-corrected chi connectivity index (χ0v) is 9.36. The van der Waals surface area contributed by atoms with E-state index in [1.807, 2.05) is 6.20 Å². The van der Waals surface area contributed by atoms with Crippen LogP contribution in [0.1, 0.15) is 24.1 Å². The lowest BCUT2D eigenvalue weighted by atomic mass is 9.89. The van der Waals surface area contributed by atoms with E-state index in [9.17, 15) is 0 Å². The summed E-state index contributed by atoms with van der Waals surface area (Å²) in [6, 6.07) is 4.79. The highest BCUT2D eigenvalue weighted by Crippen LogP contribution is 2.22. The molecule has 82 valence electrons. The molecule has 0 saturated heterocycles. The number of methoxy groups -OCH3 is 1. The van der Waals surface area contributed by atoms with Crippen LogP contribution in [-0.2, 0) is 11.3 Å². The van der Waals surface area contributed by atoms with E-state index >= 15 is 0 Å². The second kappa shape index (κ2) is 4.73. The van der Waals surface area contributed by atoms with Gasteiger partial charge in [-0.25, -0.2) is 0 Å². The van der Waals surface area contributed by atoms with E-state index in [-0.39, 0.29) is 0 Å². The third-order valence-corrected chi connectivity index (χ3v) is 2.97. The third-order valence-electron chi connectivity index (χ3n) is 2.97. The van der Waals surface area contributed by atoms with Crippen molar-refractivity contribution in [2.75, 3.05) is 7.11 Å². The van der Waals surface area contributed by atoms with Crippen LogP contribution in [0.25, 0.3) is 0 Å². The van der Waals surface area contributed by atoms with Gasteiger partial charge in [-0.3, -0.25) is 4.98 Å². The van der Waals surface area contributed by atoms with Crippen LogP contribution in [-0.4, -0.2) is 24.2 Å². The van der Waals surface area contributed by atoms with E-state index in [1.165, 1.54) is 5.56 Å². The first kappa shape index (κ1) is 10.6. The Morgan fingerprint density at radius 3 is 2.87 bits per heavy atom. The van der Waals surface area contributed by atoms with Crippen LogP contribution in [0.15, 0.2) is 18.3 Å². The number of rotatable bonds is 4. The van der Waals surface area contributed by atoms with Crippen LogP contribution < -0.4 is 5.32 Å². The van der Waals surface area contributed by atoms with Crippen molar-refractivity contribution in [1.82, 2.24) is 10.3 Å². The predicted octanol–water partition coefficient (Wildman–Crippen LogP) is 1.66. The molecule has 0 aromatic carbocycles. The molecule has 2 rings (SSSR count). The minimum Gasteiger partial charge on any atom is -0.381 e. The van der Waals surface area contributed by atoms with Gasteiger partial charge in [0, 0.05) is 25.9 Å². The average molecular weight is 206 g/mol. The predicted molar refractivity (Wildman–Crippen MR) is 59.6 cm³/mol. The molecule has 3 nitrogen and oxygen atoms in total. The molecule has 0 spiro atoms. The summed E-state index contributed by atoms with van der Waals surface area (Å²) in [6.45, 7) is 2.92. The highest BCUT2D eigenvalue weighted by atomic mass is 16.5. The van der Waals surface area contributed by atoms with Crippen LogP contribution in [0.5, 0.6) is 0 Å². The molecule has 1 fully saturated rings. The maximum absolute atomic E-state index is 5.23. The zero-order chi connectivity index (χ0) is 10.7. The molecule has 3 heteroatoms. The summed E-state index contributed by atoms with van der Waals surface area (Å²) in [5, 5.41) is 3.48. The quantitative estimate of drug-likeness (QED) is 0.813. The van der Waals surface area contributed by atoms with E-state index in [0.29, 0.717) is 12.1 Å². The standard InChI is InChI=1S/C12H18N2O/c1-9-3-4-10(13-7-9)8-14-11-5-12(6-11)15-2/h3-4,7,11-12,14H,5-6,8H2,1-2H3. The fraction of sp³-hybridized carbons (Fsp3) is 0.583. The zero-order valence-electron chi connectivity index (χ0n) is 9.36. The molecule has 1 aliphatic carbocycles. The van der Waals surface area contributed by atoms with Gasteiger partial charge in [-0.05, 0) is 31.4 Å². The molecule has 1 aliphatic rings. The first-order valence-electron chi connectivity index (χ1n) is 5.45. The first-order valence-corrected chi connectivity index (χ1v) is 5.45. The van der Waals surface area contributed by atoms with Crippen LogP contribution in [0.2, 0.25) is 0 Å². The van der Waals surface area contributed by atoms with E-state index in [2.05, 4.69) is 29.4 Å². The van der Waals surface area contributed by atoms with Crippen LogP contribution in [0.3, 0.4) is 0 Å². The SMILES string of the molecule is COC1CC(NCc2ccc(C)cn2)C1. The van der Waals surface area contributed by atoms with Gasteiger partial charge in [0.2, 0.25) is 0 Å². The molecule has 0 radical (unpaired) electrons. The largest absolute Gasteiger partial charge is 0.381 e. The Morgan fingerprint density at radius 2 is 2.27 bits per heavy atom. The molecule has 0 bridgehead atoms. The minimum absolute atomic E-state index is 0.466. The fourth-order valence-electron chi connectivity index (χ4n) is 1.78. The molecule has 0 aliphatic heterocycles. The molecular formula is C12H18N2O. The van der Waals surface area contributed by atoms with Crippen molar-refractivity contribution in [3.63, 3.8) is 0 Å². The Hall–Kier alpha value is -0.930. The lowest BCUT2D eigenvalue weighted by Crippen LogP contribution is -2.44. The molecular weight excluding hydrogens is 188 g/mol. The summed E-state index contributed by atoms with van der Waals surface area (Å²) < 4.78 is 5.23. The summed E-state index contributed by atoms with van der Waals surface area (Å²) in [7, 11) is 1.78. The molecule has 1 N–H and O–H groups in total. The Morgan fingerprint density at radius 1 is 1.47 bits per heavy atom. The van der Waals surface area contributed by atoms with Crippen molar-refractivity contribution < 1.29 is 4.74 Å². The van der Waals surface area contributed by atoms with Gasteiger partial charge in [0.1, 0.15) is 0 Å². The average Bonchev–Trinajstić information content (AvgIpc) is 2.19. The summed E-state index contributed by atoms with van der Waals surface area (Å²) in [5.41, 5.74) is 2.32. The Balaban J connectivity index is 1.72. The number of hydrogen-bond donors (Lipinski definition) is 1. The maximum atomic E-state index is 5.23. The molecule has 0 amide bonds. The van der Waals surface area contributed by atoms with Crippen LogP contribution in [0.4, 0.5) is 0 Å². The normalized spacial score (nSPS) is 24.9. The van der Waals surface area contributed by atoms with Gasteiger partial charge in [-0.2, -0.15) is 0 Å². The number of pyridine rings is 1. The maximum Gasteiger partial charge on any atom is 0.0601 e. The summed E-state index contributed by atoms with van der Waals surface area (Å²) in [6.07, 6.45) is 4.63. The van der Waals surface area contributed by atoms with Crippen molar-refractivity contribution in [2.24, 2.45) is 0 Å². The van der Waals surface area contributed by atoms with Gasteiger partial charge >= 0.3 is 0 Å². The van der Waals surface area contributed by atoms with Gasteiger partial charge in [-0.15, -0.1) is 0 Å². The second-order valence-electron chi connectivity index (χ2n) is 4.23. The highest BCUT2D eigenvalue weighted by Gasteiger charge is 2.28. The van der Waals surface area contributed by atoms with E-state index in [1.54, 1.807) is 7.11 Å². The number of aryl methyl sites for hydroxylation is 1. The van der Waals surface area contributed by atoms with E-state index < -0.39 is 0 Å². The van der Waals surface area contributed by atoms with Crippen LogP contribution in [0, 0.1) is 6.92 Å². The molecule has 0 atom stereocenters. The molecule has 1 heterocycles. The number of aromatic nitrogens is 1. The Kier molecular flexibility index (Phi) is 3.34. The van der Waals surface area contributed by atoms with E-state index in [4.69, 9.17) is 4.74 Å². The second-order valence-corrected chi connectivity index (χ2v) is 4.23. The third kappa shape index (κ3) is 2.76. The van der Waals surface area contributed by atoms with Gasteiger partial charge in [0.15, 0.2) is 0 Å². The van der Waals surface area contributed by atoms with Crippen molar-refractivity contribution in [2.45, 2.75) is 38.5 Å². The van der Waals surface area contributed by atoms with Gasteiger partial charge in [0.05, 0.1) is 11.8 Å². The van der Waals surface area contributed by atoms with Gasteiger partial charge < -0.3 is 10.1 Å². The highest BCUT2D eigenvalue weighted by molar-refractivity contribution is 5.12. The van der Waals surface area contributed by atoms with E-state index in [0.717, 1.165) is 25.1 Å². The van der Waals surface area contributed by atoms with Crippen molar-refractivity contribution >= 4 is 0 Å². The lowest BCUT2D eigenvalue weighted by molar-refractivity contribution is 0.0169. The number of nitrogens with zero attached hydrogens (tertiary/aromatic N) is 1. The number of nitrogens with one attached hydrogen (secondary N) is 1. The Bertz CT molecular complexity index is 304. The number of hydrogen-bond acceptors (Lipinski definition) is 3. The molecule has 15 heavy (non-hydrogen) atoms. The van der Waals surface area contributed by atoms with Crippen molar-refractivity contribution in [3.8, 4) is 0 Å². The summed E-state index contributed by atoms with van der Waals surface area (Å²) in [4.78, 5) is 4.35. The summed E-state index contributed by atoms with van der Waals surface area (Å²) in [5.74, 6) is 0. The number of ether oxygens (including phenoxy) is 1. The smallest absolute Gasteiger partial charge is 0.0601 e. The van der Waals surface area contributed by atoms with Crippen molar-refractivity contribution in [1.29, 1.82) is 0 Å². The monoisotopic (exact) mass is 206 g/mol. The minimum atomic E-state index is 0.466. The molecule has 1 aromatic rings. The summed E-state index contributed by atoms with van der Waals surface area (Å²) >= 11 is 0. The lowest BCUT2D eigenvalue weighted by Gasteiger charge is -2.34. The molecule has 1 saturated carbocycles. The topological polar surface area (TPSA) is 34.1 Å².